The molecule has 0 aliphatic carbocycles. The van der Waals surface area contributed by atoms with Crippen LogP contribution < -0.4 is 10.2 Å². The molecule has 0 aromatic heterocycles. The van der Waals surface area contributed by atoms with E-state index in [0.29, 0.717) is 17.5 Å². The number of imide groups is 1. The van der Waals surface area contributed by atoms with Crippen LogP contribution in [0.2, 0.25) is 0 Å². The summed E-state index contributed by atoms with van der Waals surface area (Å²) < 4.78 is 0. The highest BCUT2D eigenvalue weighted by Crippen LogP contribution is 2.24. The number of fused-ring (bicyclic) bond motifs is 1. The molecule has 0 bridgehead atoms. The van der Waals surface area contributed by atoms with Gasteiger partial charge in [-0.05, 0) is 63.1 Å². The second kappa shape index (κ2) is 8.90. The van der Waals surface area contributed by atoms with Gasteiger partial charge in [-0.25, -0.2) is 0 Å². The molecule has 6 nitrogen and oxygen atoms in total. The zero-order valence-electron chi connectivity index (χ0n) is 17.2. The van der Waals surface area contributed by atoms with Crippen LogP contribution in [0.1, 0.15) is 53.0 Å². The lowest BCUT2D eigenvalue weighted by Crippen LogP contribution is -2.31. The van der Waals surface area contributed by atoms with Gasteiger partial charge in [-0.2, -0.15) is 0 Å². The minimum atomic E-state index is -0.283. The number of anilines is 2. The minimum absolute atomic E-state index is 0.125. The smallest absolute Gasteiger partial charge is 0.261 e. The fourth-order valence-corrected chi connectivity index (χ4v) is 3.63. The number of nitrogens with one attached hydrogen (secondary N) is 1. The fourth-order valence-electron chi connectivity index (χ4n) is 3.63. The molecule has 3 amide bonds. The first-order valence-corrected chi connectivity index (χ1v) is 10.1. The molecule has 0 saturated carbocycles. The van der Waals surface area contributed by atoms with E-state index in [2.05, 4.69) is 30.1 Å². The maximum Gasteiger partial charge on any atom is 0.261 e. The van der Waals surface area contributed by atoms with Crippen molar-refractivity contribution >= 4 is 29.1 Å². The molecule has 1 aliphatic heterocycles. The molecule has 0 saturated heterocycles. The van der Waals surface area contributed by atoms with Gasteiger partial charge < -0.3 is 10.2 Å². The van der Waals surface area contributed by atoms with Crippen molar-refractivity contribution in [2.24, 2.45) is 0 Å². The predicted octanol–water partition coefficient (Wildman–Crippen LogP) is 3.86. The van der Waals surface area contributed by atoms with Crippen molar-refractivity contribution in [1.29, 1.82) is 0 Å². The van der Waals surface area contributed by atoms with E-state index >= 15 is 0 Å². The first-order chi connectivity index (χ1) is 14.0. The van der Waals surface area contributed by atoms with Crippen LogP contribution in [0, 0.1) is 6.92 Å². The molecule has 6 heteroatoms. The van der Waals surface area contributed by atoms with E-state index in [0.717, 1.165) is 30.0 Å². The lowest BCUT2D eigenvalue weighted by molar-refractivity contribution is -0.116. The summed E-state index contributed by atoms with van der Waals surface area (Å²) in [7, 11) is 0. The number of carbonyl (C=O) groups excluding carboxylic acids is 3. The summed E-state index contributed by atoms with van der Waals surface area (Å²) in [6, 6.07) is 12.8. The van der Waals surface area contributed by atoms with E-state index in [1.165, 1.54) is 4.90 Å². The van der Waals surface area contributed by atoms with E-state index in [4.69, 9.17) is 0 Å². The maximum absolute atomic E-state index is 12.4. The number of aryl methyl sites for hydroxylation is 1. The number of rotatable bonds is 8. The highest BCUT2D eigenvalue weighted by molar-refractivity contribution is 6.21. The molecule has 0 fully saturated rings. The van der Waals surface area contributed by atoms with Gasteiger partial charge in [-0.15, -0.1) is 0 Å². The van der Waals surface area contributed by atoms with E-state index in [1.807, 2.05) is 19.1 Å². The number of hydrogen-bond donors (Lipinski definition) is 1. The molecule has 0 atom stereocenters. The molecule has 1 heterocycles. The summed E-state index contributed by atoms with van der Waals surface area (Å²) in [6.07, 6.45) is 0.665. The van der Waals surface area contributed by atoms with Crippen molar-refractivity contribution in [1.82, 2.24) is 4.90 Å². The van der Waals surface area contributed by atoms with Crippen LogP contribution in [-0.2, 0) is 4.79 Å². The molecule has 0 radical (unpaired) electrons. The van der Waals surface area contributed by atoms with Crippen molar-refractivity contribution in [3.63, 3.8) is 0 Å². The third kappa shape index (κ3) is 4.31. The van der Waals surface area contributed by atoms with Crippen LogP contribution in [0.3, 0.4) is 0 Å². The van der Waals surface area contributed by atoms with Crippen molar-refractivity contribution in [2.75, 3.05) is 29.9 Å². The summed E-state index contributed by atoms with van der Waals surface area (Å²) in [5.41, 5.74) is 3.79. The molecular weight excluding hydrogens is 366 g/mol. The van der Waals surface area contributed by atoms with Gasteiger partial charge in [0.2, 0.25) is 5.91 Å². The first kappa shape index (κ1) is 20.6. The number of carbonyl (C=O) groups is 3. The predicted molar refractivity (Wildman–Crippen MR) is 114 cm³/mol. The van der Waals surface area contributed by atoms with Gasteiger partial charge in [0, 0.05) is 37.4 Å². The van der Waals surface area contributed by atoms with Crippen LogP contribution >= 0.6 is 0 Å². The Labute approximate surface area is 171 Å². The molecule has 2 aromatic rings. The second-order valence-electron chi connectivity index (χ2n) is 7.13. The first-order valence-electron chi connectivity index (χ1n) is 10.1. The van der Waals surface area contributed by atoms with Crippen LogP contribution in [0.4, 0.5) is 11.4 Å². The third-order valence-corrected chi connectivity index (χ3v) is 5.28. The average Bonchev–Trinajstić information content (AvgIpc) is 2.96. The van der Waals surface area contributed by atoms with Gasteiger partial charge in [0.05, 0.1) is 11.1 Å². The molecule has 29 heavy (non-hydrogen) atoms. The highest BCUT2D eigenvalue weighted by atomic mass is 16.2. The third-order valence-electron chi connectivity index (χ3n) is 5.28. The Morgan fingerprint density at radius 2 is 1.62 bits per heavy atom. The average molecular weight is 393 g/mol. The zero-order valence-corrected chi connectivity index (χ0v) is 17.2. The Kier molecular flexibility index (Phi) is 6.32. The van der Waals surface area contributed by atoms with Gasteiger partial charge >= 0.3 is 0 Å². The van der Waals surface area contributed by atoms with Crippen molar-refractivity contribution < 1.29 is 14.4 Å². The number of amides is 3. The van der Waals surface area contributed by atoms with Gasteiger partial charge in [0.1, 0.15) is 0 Å². The molecular formula is C23H27N3O3. The Balaban J connectivity index is 1.53. The quantitative estimate of drug-likeness (QED) is 0.692. The zero-order chi connectivity index (χ0) is 21.0. The van der Waals surface area contributed by atoms with Crippen molar-refractivity contribution in [3.05, 3.63) is 59.2 Å². The highest BCUT2D eigenvalue weighted by Gasteiger charge is 2.34. The normalized spacial score (nSPS) is 12.9. The van der Waals surface area contributed by atoms with Crippen molar-refractivity contribution in [2.45, 2.75) is 33.6 Å². The minimum Gasteiger partial charge on any atom is -0.372 e. The summed E-state index contributed by atoms with van der Waals surface area (Å²) in [5, 5.41) is 2.93. The summed E-state index contributed by atoms with van der Waals surface area (Å²) in [4.78, 5) is 40.5. The summed E-state index contributed by atoms with van der Waals surface area (Å²) in [6.45, 7) is 8.30. The van der Waals surface area contributed by atoms with E-state index < -0.39 is 0 Å². The molecule has 1 N–H and O–H groups in total. The van der Waals surface area contributed by atoms with Crippen LogP contribution in [0.5, 0.6) is 0 Å². The monoisotopic (exact) mass is 393 g/mol. The Morgan fingerprint density at radius 3 is 2.17 bits per heavy atom. The standard InChI is InChI=1S/C23H27N3O3/c1-4-25(5-2)17-12-13-20(16(3)15-17)24-21(27)11-8-14-26-22(28)18-9-6-7-10-19(18)23(26)29/h6-7,9-10,12-13,15H,4-5,8,11,14H2,1-3H3,(H,24,27). The van der Waals surface area contributed by atoms with Gasteiger partial charge in [0.15, 0.2) is 0 Å². The molecule has 0 unspecified atom stereocenters. The largest absolute Gasteiger partial charge is 0.372 e. The number of nitrogens with zero attached hydrogens (tertiary/aromatic N) is 2. The number of hydrogen-bond acceptors (Lipinski definition) is 4. The van der Waals surface area contributed by atoms with Crippen LogP contribution in [0.25, 0.3) is 0 Å². The molecule has 0 spiro atoms. The topological polar surface area (TPSA) is 69.7 Å². The van der Waals surface area contributed by atoms with Gasteiger partial charge in [-0.3, -0.25) is 19.3 Å². The number of benzene rings is 2. The second-order valence-corrected chi connectivity index (χ2v) is 7.13. The van der Waals surface area contributed by atoms with E-state index in [1.54, 1.807) is 24.3 Å². The van der Waals surface area contributed by atoms with E-state index in [-0.39, 0.29) is 30.7 Å². The Bertz CT molecular complexity index is 900. The maximum atomic E-state index is 12.4. The SMILES string of the molecule is CCN(CC)c1ccc(NC(=O)CCCN2C(=O)c3ccccc3C2=O)c(C)c1. The molecule has 2 aromatic carbocycles. The van der Waals surface area contributed by atoms with Gasteiger partial charge in [0.25, 0.3) is 11.8 Å². The van der Waals surface area contributed by atoms with Crippen LogP contribution in [-0.4, -0.2) is 42.3 Å². The summed E-state index contributed by atoms with van der Waals surface area (Å²) in [5.74, 6) is -0.692. The Morgan fingerprint density at radius 1 is 1.00 bits per heavy atom. The molecule has 3 rings (SSSR count). The van der Waals surface area contributed by atoms with Crippen molar-refractivity contribution in [3.8, 4) is 0 Å². The van der Waals surface area contributed by atoms with Gasteiger partial charge in [-0.1, -0.05) is 12.1 Å². The lowest BCUT2D eigenvalue weighted by Gasteiger charge is -2.22. The van der Waals surface area contributed by atoms with E-state index in [9.17, 15) is 14.4 Å². The summed E-state index contributed by atoms with van der Waals surface area (Å²) >= 11 is 0. The molecule has 1 aliphatic rings. The fraction of sp³-hybridized carbons (Fsp3) is 0.348. The lowest BCUT2D eigenvalue weighted by atomic mass is 10.1. The molecule has 152 valence electrons. The Hall–Kier alpha value is -3.15. The van der Waals surface area contributed by atoms with Crippen LogP contribution in [0.15, 0.2) is 42.5 Å².